The molecule has 0 aliphatic rings. The molecule has 2 aromatic rings. The molecule has 3 N–H and O–H groups in total. The third-order valence-corrected chi connectivity index (χ3v) is 3.07. The summed E-state index contributed by atoms with van der Waals surface area (Å²) in [6, 6.07) is 13.7. The number of hydrogen-bond donors (Lipinski definition) is 2. The SMILES string of the molecule is Cc1cccc(C(Cc2ccc(Cl)cc2)NN)n1. The predicted octanol–water partition coefficient (Wildman–Crippen LogP) is 2.79. The van der Waals surface area contributed by atoms with Crippen LogP contribution >= 0.6 is 11.6 Å². The van der Waals surface area contributed by atoms with E-state index in [-0.39, 0.29) is 6.04 Å². The number of halogens is 1. The van der Waals surface area contributed by atoms with Gasteiger partial charge in [-0.15, -0.1) is 0 Å². The van der Waals surface area contributed by atoms with E-state index in [4.69, 9.17) is 17.4 Å². The van der Waals surface area contributed by atoms with Gasteiger partial charge in [-0.25, -0.2) is 0 Å². The van der Waals surface area contributed by atoms with Crippen LogP contribution in [0, 0.1) is 6.92 Å². The molecule has 0 radical (unpaired) electrons. The molecule has 94 valence electrons. The molecule has 2 rings (SSSR count). The van der Waals surface area contributed by atoms with Gasteiger partial charge in [0.05, 0.1) is 11.7 Å². The second-order valence-electron chi connectivity index (χ2n) is 4.25. The molecule has 1 atom stereocenters. The highest BCUT2D eigenvalue weighted by molar-refractivity contribution is 6.30. The fraction of sp³-hybridized carbons (Fsp3) is 0.214. The van der Waals surface area contributed by atoms with E-state index < -0.39 is 0 Å². The van der Waals surface area contributed by atoms with Gasteiger partial charge < -0.3 is 0 Å². The molecule has 0 saturated heterocycles. The van der Waals surface area contributed by atoms with Crippen LogP contribution in [0.4, 0.5) is 0 Å². The van der Waals surface area contributed by atoms with E-state index in [0.29, 0.717) is 0 Å². The van der Waals surface area contributed by atoms with Gasteiger partial charge in [-0.2, -0.15) is 0 Å². The number of hydrazine groups is 1. The molecule has 1 heterocycles. The van der Waals surface area contributed by atoms with E-state index in [1.165, 1.54) is 5.56 Å². The third-order valence-electron chi connectivity index (χ3n) is 2.82. The summed E-state index contributed by atoms with van der Waals surface area (Å²) in [5, 5.41) is 0.740. The lowest BCUT2D eigenvalue weighted by Crippen LogP contribution is -2.30. The molecule has 0 aliphatic heterocycles. The molecule has 0 spiro atoms. The Morgan fingerprint density at radius 3 is 2.56 bits per heavy atom. The minimum absolute atomic E-state index is 0.00563. The van der Waals surface area contributed by atoms with Crippen LogP contribution in [0.3, 0.4) is 0 Å². The monoisotopic (exact) mass is 261 g/mol. The second kappa shape index (κ2) is 5.96. The molecule has 0 saturated carbocycles. The molecule has 0 aliphatic carbocycles. The zero-order chi connectivity index (χ0) is 13.0. The molecule has 4 heteroatoms. The number of nitrogens with zero attached hydrogens (tertiary/aromatic N) is 1. The first kappa shape index (κ1) is 13.0. The predicted molar refractivity (Wildman–Crippen MR) is 74.2 cm³/mol. The van der Waals surface area contributed by atoms with Crippen LogP contribution in [0.1, 0.15) is 23.0 Å². The van der Waals surface area contributed by atoms with Gasteiger partial charge in [-0.1, -0.05) is 29.8 Å². The first-order chi connectivity index (χ1) is 8.69. The first-order valence-electron chi connectivity index (χ1n) is 5.83. The molecule has 3 nitrogen and oxygen atoms in total. The van der Waals surface area contributed by atoms with Gasteiger partial charge >= 0.3 is 0 Å². The van der Waals surface area contributed by atoms with Crippen molar-refractivity contribution in [2.45, 2.75) is 19.4 Å². The molecular formula is C14H16ClN3. The van der Waals surface area contributed by atoms with Crippen LogP contribution in [0.5, 0.6) is 0 Å². The lowest BCUT2D eigenvalue weighted by Gasteiger charge is -2.16. The van der Waals surface area contributed by atoms with Gasteiger partial charge in [0.1, 0.15) is 0 Å². The van der Waals surface area contributed by atoms with Crippen molar-refractivity contribution in [3.63, 3.8) is 0 Å². The molecule has 1 aromatic heterocycles. The van der Waals surface area contributed by atoms with Crippen LogP contribution in [0.25, 0.3) is 0 Å². The average molecular weight is 262 g/mol. The molecule has 1 aromatic carbocycles. The smallest absolute Gasteiger partial charge is 0.0672 e. The highest BCUT2D eigenvalue weighted by Crippen LogP contribution is 2.18. The van der Waals surface area contributed by atoms with Gasteiger partial charge in [0, 0.05) is 10.7 Å². The van der Waals surface area contributed by atoms with Gasteiger partial charge in [-0.3, -0.25) is 16.3 Å². The Bertz CT molecular complexity index is 511. The number of benzene rings is 1. The van der Waals surface area contributed by atoms with Crippen LogP contribution in [0.2, 0.25) is 5.02 Å². The van der Waals surface area contributed by atoms with Crippen molar-refractivity contribution in [1.82, 2.24) is 10.4 Å². The quantitative estimate of drug-likeness (QED) is 0.657. The molecule has 0 amide bonds. The Balaban J connectivity index is 2.17. The molecular weight excluding hydrogens is 246 g/mol. The first-order valence-corrected chi connectivity index (χ1v) is 6.21. The maximum Gasteiger partial charge on any atom is 0.0672 e. The standard InChI is InChI=1S/C14H16ClN3/c1-10-3-2-4-13(17-10)14(18-16)9-11-5-7-12(15)8-6-11/h2-8,14,18H,9,16H2,1H3. The highest BCUT2D eigenvalue weighted by Gasteiger charge is 2.11. The highest BCUT2D eigenvalue weighted by atomic mass is 35.5. The molecule has 18 heavy (non-hydrogen) atoms. The fourth-order valence-electron chi connectivity index (χ4n) is 1.86. The van der Waals surface area contributed by atoms with Gasteiger partial charge in [-0.05, 0) is 43.2 Å². The lowest BCUT2D eigenvalue weighted by atomic mass is 10.0. The number of nitrogens with one attached hydrogen (secondary N) is 1. The Kier molecular flexibility index (Phi) is 4.31. The van der Waals surface area contributed by atoms with Crippen molar-refractivity contribution in [3.05, 3.63) is 64.4 Å². The van der Waals surface area contributed by atoms with Crippen LogP contribution in [0.15, 0.2) is 42.5 Å². The molecule has 0 fully saturated rings. The van der Waals surface area contributed by atoms with Crippen LogP contribution in [-0.4, -0.2) is 4.98 Å². The van der Waals surface area contributed by atoms with Crippen molar-refractivity contribution in [2.75, 3.05) is 0 Å². The van der Waals surface area contributed by atoms with E-state index in [1.807, 2.05) is 49.4 Å². The second-order valence-corrected chi connectivity index (χ2v) is 4.69. The minimum atomic E-state index is 0.00563. The summed E-state index contributed by atoms with van der Waals surface area (Å²) in [7, 11) is 0. The number of hydrogen-bond acceptors (Lipinski definition) is 3. The Labute approximate surface area is 112 Å². The maximum absolute atomic E-state index is 5.87. The van der Waals surface area contributed by atoms with E-state index >= 15 is 0 Å². The minimum Gasteiger partial charge on any atom is -0.271 e. The summed E-state index contributed by atoms with van der Waals surface area (Å²) in [5.41, 5.74) is 5.93. The number of rotatable bonds is 4. The Morgan fingerprint density at radius 2 is 1.94 bits per heavy atom. The van der Waals surface area contributed by atoms with E-state index in [9.17, 15) is 0 Å². The fourth-order valence-corrected chi connectivity index (χ4v) is 1.99. The third kappa shape index (κ3) is 3.29. The summed E-state index contributed by atoms with van der Waals surface area (Å²) < 4.78 is 0. The van der Waals surface area contributed by atoms with Gasteiger partial charge in [0.15, 0.2) is 0 Å². The molecule has 1 unspecified atom stereocenters. The molecule has 0 bridgehead atoms. The summed E-state index contributed by atoms with van der Waals surface area (Å²) in [5.74, 6) is 5.62. The van der Waals surface area contributed by atoms with Crippen molar-refractivity contribution >= 4 is 11.6 Å². The van der Waals surface area contributed by atoms with Gasteiger partial charge in [0.2, 0.25) is 0 Å². The number of pyridine rings is 1. The number of nitrogens with two attached hydrogens (primary N) is 1. The number of aromatic nitrogens is 1. The maximum atomic E-state index is 5.87. The largest absolute Gasteiger partial charge is 0.271 e. The summed E-state index contributed by atoms with van der Waals surface area (Å²) in [6.07, 6.45) is 0.782. The number of aryl methyl sites for hydroxylation is 1. The summed E-state index contributed by atoms with van der Waals surface area (Å²) >= 11 is 5.87. The van der Waals surface area contributed by atoms with Crippen molar-refractivity contribution in [1.29, 1.82) is 0 Å². The van der Waals surface area contributed by atoms with Crippen molar-refractivity contribution in [2.24, 2.45) is 5.84 Å². The Hall–Kier alpha value is -1.42. The summed E-state index contributed by atoms with van der Waals surface area (Å²) in [4.78, 5) is 4.49. The van der Waals surface area contributed by atoms with Crippen molar-refractivity contribution < 1.29 is 0 Å². The van der Waals surface area contributed by atoms with E-state index in [1.54, 1.807) is 0 Å². The normalized spacial score (nSPS) is 12.4. The zero-order valence-electron chi connectivity index (χ0n) is 10.2. The zero-order valence-corrected chi connectivity index (χ0v) is 11.0. The topological polar surface area (TPSA) is 50.9 Å². The lowest BCUT2D eigenvalue weighted by molar-refractivity contribution is 0.537. The summed E-state index contributed by atoms with van der Waals surface area (Å²) in [6.45, 7) is 1.97. The van der Waals surface area contributed by atoms with E-state index in [0.717, 1.165) is 22.8 Å². The Morgan fingerprint density at radius 1 is 1.22 bits per heavy atom. The van der Waals surface area contributed by atoms with Crippen LogP contribution < -0.4 is 11.3 Å². The van der Waals surface area contributed by atoms with Crippen LogP contribution in [-0.2, 0) is 6.42 Å². The van der Waals surface area contributed by atoms with E-state index in [2.05, 4.69) is 10.4 Å². The van der Waals surface area contributed by atoms with Gasteiger partial charge in [0.25, 0.3) is 0 Å². The van der Waals surface area contributed by atoms with Crippen molar-refractivity contribution in [3.8, 4) is 0 Å². The average Bonchev–Trinajstić information content (AvgIpc) is 2.38.